The number of oxime groups is 1. The third-order valence-electron chi connectivity index (χ3n) is 4.74. The second-order valence-corrected chi connectivity index (χ2v) is 9.66. The molecule has 0 saturated heterocycles. The van der Waals surface area contributed by atoms with Crippen molar-refractivity contribution >= 4 is 21.3 Å². The number of carbonyl (C=O) groups is 1. The van der Waals surface area contributed by atoms with Gasteiger partial charge in [-0.25, -0.2) is 8.42 Å². The van der Waals surface area contributed by atoms with Crippen LogP contribution >= 0.6 is 0 Å². The van der Waals surface area contributed by atoms with E-state index in [0.717, 1.165) is 42.4 Å². The molecule has 5 nitrogen and oxygen atoms in total. The summed E-state index contributed by atoms with van der Waals surface area (Å²) in [4.78, 5) is 12.1. The summed E-state index contributed by atoms with van der Waals surface area (Å²) in [5, 5.41) is 11.9. The Morgan fingerprint density at radius 2 is 1.96 bits per heavy atom. The topological polar surface area (TPSA) is 83.8 Å². The molecule has 6 heteroatoms. The van der Waals surface area contributed by atoms with Gasteiger partial charge in [-0.1, -0.05) is 29.8 Å². The molecule has 1 aliphatic rings. The predicted octanol–water partition coefficient (Wildman–Crippen LogP) is 3.31. The van der Waals surface area contributed by atoms with Crippen molar-refractivity contribution in [3.8, 4) is 0 Å². The molecule has 138 valence electrons. The van der Waals surface area contributed by atoms with E-state index in [0.29, 0.717) is 25.0 Å². The highest BCUT2D eigenvalue weighted by molar-refractivity contribution is 7.91. The molecule has 0 aliphatic heterocycles. The van der Waals surface area contributed by atoms with E-state index in [1.165, 1.54) is 0 Å². The van der Waals surface area contributed by atoms with Crippen molar-refractivity contribution in [2.75, 3.05) is 5.75 Å². The second-order valence-electron chi connectivity index (χ2n) is 6.98. The largest absolute Gasteiger partial charge is 0.411 e. The zero-order valence-corrected chi connectivity index (χ0v) is 15.8. The number of aryl methyl sites for hydroxylation is 1. The van der Waals surface area contributed by atoms with Crippen LogP contribution in [0.1, 0.15) is 62.6 Å². The highest BCUT2D eigenvalue weighted by Crippen LogP contribution is 2.24. The van der Waals surface area contributed by atoms with Crippen LogP contribution in [0.4, 0.5) is 0 Å². The summed E-state index contributed by atoms with van der Waals surface area (Å²) in [6, 6.07) is 5.87. The van der Waals surface area contributed by atoms with Crippen molar-refractivity contribution < 1.29 is 18.4 Å². The van der Waals surface area contributed by atoms with Gasteiger partial charge in [0.1, 0.15) is 5.78 Å². The van der Waals surface area contributed by atoms with Gasteiger partial charge in [0.15, 0.2) is 9.84 Å². The van der Waals surface area contributed by atoms with Crippen LogP contribution in [0.15, 0.2) is 23.4 Å². The molecule has 1 N–H and O–H groups in total. The fourth-order valence-electron chi connectivity index (χ4n) is 3.09. The van der Waals surface area contributed by atoms with E-state index in [4.69, 9.17) is 5.21 Å². The van der Waals surface area contributed by atoms with Gasteiger partial charge in [0.25, 0.3) is 0 Å². The fraction of sp³-hybridized carbons (Fsp3) is 0.579. The van der Waals surface area contributed by atoms with Gasteiger partial charge in [-0.3, -0.25) is 4.79 Å². The van der Waals surface area contributed by atoms with Crippen LogP contribution in [0.3, 0.4) is 0 Å². The van der Waals surface area contributed by atoms with Gasteiger partial charge in [0, 0.05) is 18.4 Å². The lowest BCUT2D eigenvalue weighted by Crippen LogP contribution is -2.17. The molecular weight excluding hydrogens is 338 g/mol. The average Bonchev–Trinajstić information content (AvgIpc) is 2.96. The van der Waals surface area contributed by atoms with E-state index < -0.39 is 9.84 Å². The third kappa shape index (κ3) is 5.39. The van der Waals surface area contributed by atoms with Gasteiger partial charge >= 0.3 is 0 Å². The van der Waals surface area contributed by atoms with Gasteiger partial charge in [-0.2, -0.15) is 0 Å². The second kappa shape index (κ2) is 8.61. The number of fused-ring (bicyclic) bond motifs is 1. The summed E-state index contributed by atoms with van der Waals surface area (Å²) in [6.45, 7) is 3.40. The highest BCUT2D eigenvalue weighted by Gasteiger charge is 2.19. The standard InChI is InChI=1S/C19H27NO4S/c1-14(2)25(23,24)11-5-3-4-6-17(21)13-15-7-9-18-16(12-15)8-10-19(18)20-22/h7,9,12,14,22H,3-6,8,10-11,13H2,1-2H3. The molecule has 1 aromatic rings. The van der Waals surface area contributed by atoms with Crippen LogP contribution in [0.25, 0.3) is 0 Å². The molecule has 1 aromatic carbocycles. The zero-order chi connectivity index (χ0) is 18.4. The van der Waals surface area contributed by atoms with Crippen LogP contribution in [0.5, 0.6) is 0 Å². The maximum absolute atomic E-state index is 12.1. The molecule has 0 unspecified atom stereocenters. The average molecular weight is 365 g/mol. The molecule has 0 fully saturated rings. The Hall–Kier alpha value is -1.69. The minimum atomic E-state index is -2.97. The van der Waals surface area contributed by atoms with Gasteiger partial charge in [-0.15, -0.1) is 0 Å². The summed E-state index contributed by atoms with van der Waals surface area (Å²) in [6.07, 6.45) is 4.60. The van der Waals surface area contributed by atoms with Gasteiger partial charge in [-0.05, 0) is 50.7 Å². The number of carbonyl (C=O) groups excluding carboxylic acids is 1. The number of sulfone groups is 1. The highest BCUT2D eigenvalue weighted by atomic mass is 32.2. The fourth-order valence-corrected chi connectivity index (χ4v) is 4.17. The Balaban J connectivity index is 1.75. The minimum Gasteiger partial charge on any atom is -0.411 e. The van der Waals surface area contributed by atoms with E-state index in [1.807, 2.05) is 18.2 Å². The Labute approximate surface area is 150 Å². The number of benzene rings is 1. The normalized spacial score (nSPS) is 15.7. The molecule has 0 bridgehead atoms. The maximum Gasteiger partial charge on any atom is 0.152 e. The monoisotopic (exact) mass is 365 g/mol. The summed E-state index contributed by atoms with van der Waals surface area (Å²) in [5.74, 6) is 0.388. The number of ketones is 1. The smallest absolute Gasteiger partial charge is 0.152 e. The molecule has 0 spiro atoms. The van der Waals surface area contributed by atoms with Crippen molar-refractivity contribution in [1.82, 2.24) is 0 Å². The minimum absolute atomic E-state index is 0.181. The van der Waals surface area contributed by atoms with Gasteiger partial charge in [0.2, 0.25) is 0 Å². The van der Waals surface area contributed by atoms with E-state index in [1.54, 1.807) is 13.8 Å². The third-order valence-corrected chi connectivity index (χ3v) is 7.03. The molecule has 0 heterocycles. The Bertz CT molecular complexity index is 751. The molecule has 0 radical (unpaired) electrons. The first-order valence-corrected chi connectivity index (χ1v) is 10.6. The first-order chi connectivity index (χ1) is 11.8. The van der Waals surface area contributed by atoms with Crippen molar-refractivity contribution in [2.24, 2.45) is 5.16 Å². The lowest BCUT2D eigenvalue weighted by Gasteiger charge is -2.07. The van der Waals surface area contributed by atoms with E-state index in [9.17, 15) is 13.2 Å². The number of rotatable bonds is 9. The van der Waals surface area contributed by atoms with E-state index in [-0.39, 0.29) is 16.8 Å². The van der Waals surface area contributed by atoms with Crippen LogP contribution in [0.2, 0.25) is 0 Å². The summed E-state index contributed by atoms with van der Waals surface area (Å²) < 4.78 is 23.4. The van der Waals surface area contributed by atoms with Crippen molar-refractivity contribution in [2.45, 2.75) is 64.0 Å². The zero-order valence-electron chi connectivity index (χ0n) is 15.0. The number of nitrogens with zero attached hydrogens (tertiary/aromatic N) is 1. The Kier molecular flexibility index (Phi) is 6.76. The molecule has 1 aliphatic carbocycles. The maximum atomic E-state index is 12.1. The van der Waals surface area contributed by atoms with Crippen LogP contribution < -0.4 is 0 Å². The summed E-state index contributed by atoms with van der Waals surface area (Å²) in [5.41, 5.74) is 3.82. The van der Waals surface area contributed by atoms with Gasteiger partial charge in [0.05, 0.1) is 16.7 Å². The molecule has 0 aromatic heterocycles. The number of hydrogen-bond acceptors (Lipinski definition) is 5. The summed E-state index contributed by atoms with van der Waals surface area (Å²) in [7, 11) is -2.97. The lowest BCUT2D eigenvalue weighted by molar-refractivity contribution is -0.118. The summed E-state index contributed by atoms with van der Waals surface area (Å²) >= 11 is 0. The molecule has 0 amide bonds. The van der Waals surface area contributed by atoms with Crippen molar-refractivity contribution in [3.63, 3.8) is 0 Å². The van der Waals surface area contributed by atoms with Crippen LogP contribution in [-0.2, 0) is 27.5 Å². The predicted molar refractivity (Wildman–Crippen MR) is 99.2 cm³/mol. The quantitative estimate of drug-likeness (QED) is 0.413. The SMILES string of the molecule is CC(C)S(=O)(=O)CCCCCC(=O)Cc1ccc2c(c1)CCC2=NO. The van der Waals surface area contributed by atoms with Crippen molar-refractivity contribution in [1.29, 1.82) is 0 Å². The molecular formula is C19H27NO4S. The Morgan fingerprint density at radius 1 is 1.20 bits per heavy atom. The van der Waals surface area contributed by atoms with Crippen LogP contribution in [-0.4, -0.2) is 36.1 Å². The van der Waals surface area contributed by atoms with E-state index >= 15 is 0 Å². The van der Waals surface area contributed by atoms with Gasteiger partial charge < -0.3 is 5.21 Å². The van der Waals surface area contributed by atoms with Crippen LogP contribution in [0, 0.1) is 0 Å². The Morgan fingerprint density at radius 3 is 2.64 bits per heavy atom. The first-order valence-electron chi connectivity index (χ1n) is 8.90. The first kappa shape index (κ1) is 19.6. The molecule has 2 rings (SSSR count). The lowest BCUT2D eigenvalue weighted by atomic mass is 10.0. The van der Waals surface area contributed by atoms with E-state index in [2.05, 4.69) is 5.16 Å². The molecule has 25 heavy (non-hydrogen) atoms. The number of hydrogen-bond donors (Lipinski definition) is 1. The molecule has 0 atom stereocenters. The molecule has 0 saturated carbocycles. The number of unbranched alkanes of at least 4 members (excludes halogenated alkanes) is 2. The van der Waals surface area contributed by atoms with Crippen molar-refractivity contribution in [3.05, 3.63) is 34.9 Å². The number of Topliss-reactive ketones (excluding diaryl/α,β-unsaturated/α-hetero) is 1.